The number of imidazole rings is 1. The Kier molecular flexibility index (Phi) is 3.28. The first-order valence-corrected chi connectivity index (χ1v) is 5.56. The summed E-state index contributed by atoms with van der Waals surface area (Å²) in [4.78, 5) is 12.0. The van der Waals surface area contributed by atoms with E-state index in [9.17, 15) is 0 Å². The van der Waals surface area contributed by atoms with Crippen molar-refractivity contribution >= 4 is 34.4 Å². The maximum atomic E-state index is 5.91. The zero-order chi connectivity index (χ0) is 11.7. The van der Waals surface area contributed by atoms with Crippen LogP contribution in [0.25, 0.3) is 11.2 Å². The number of halogens is 2. The van der Waals surface area contributed by atoms with E-state index in [0.717, 1.165) is 0 Å². The average Bonchev–Trinajstić information content (AvgIpc) is 2.61. The molecule has 0 radical (unpaired) electrons. The van der Waals surface area contributed by atoms with Gasteiger partial charge in [-0.3, -0.25) is 4.57 Å². The van der Waals surface area contributed by atoms with Crippen molar-refractivity contribution in [1.29, 1.82) is 0 Å². The molecule has 2 rings (SSSR count). The summed E-state index contributed by atoms with van der Waals surface area (Å²) in [5, 5.41) is 0.348. The molecular formula is C9H10Cl2N4O. The Labute approximate surface area is 102 Å². The summed E-state index contributed by atoms with van der Waals surface area (Å²) < 4.78 is 7.21. The van der Waals surface area contributed by atoms with Gasteiger partial charge >= 0.3 is 0 Å². The van der Waals surface area contributed by atoms with Crippen molar-refractivity contribution in [2.45, 2.75) is 20.1 Å². The van der Waals surface area contributed by atoms with Crippen molar-refractivity contribution in [2.24, 2.45) is 0 Å². The molecule has 2 aromatic heterocycles. The van der Waals surface area contributed by atoms with E-state index < -0.39 is 0 Å². The second kappa shape index (κ2) is 4.53. The lowest BCUT2D eigenvalue weighted by atomic mass is 10.5. The SMILES string of the molecule is CCO[C@@H](C)n1cnc2c(Cl)nc(Cl)nc21. The summed E-state index contributed by atoms with van der Waals surface area (Å²) in [6.07, 6.45) is 1.44. The summed E-state index contributed by atoms with van der Waals surface area (Å²) in [6.45, 7) is 4.42. The predicted octanol–water partition coefficient (Wildman–Crippen LogP) is 2.69. The van der Waals surface area contributed by atoms with Gasteiger partial charge in [-0.1, -0.05) is 11.6 Å². The number of fused-ring (bicyclic) bond motifs is 1. The Bertz CT molecular complexity index is 513. The minimum Gasteiger partial charge on any atom is -0.359 e. The van der Waals surface area contributed by atoms with Crippen molar-refractivity contribution in [2.75, 3.05) is 6.61 Å². The highest BCUT2D eigenvalue weighted by Gasteiger charge is 2.14. The van der Waals surface area contributed by atoms with Crippen LogP contribution in [0.15, 0.2) is 6.33 Å². The molecule has 0 aromatic carbocycles. The van der Waals surface area contributed by atoms with Crippen LogP contribution in [0, 0.1) is 0 Å². The largest absolute Gasteiger partial charge is 0.359 e. The number of hydrogen-bond acceptors (Lipinski definition) is 4. The highest BCUT2D eigenvalue weighted by molar-refractivity contribution is 6.35. The van der Waals surface area contributed by atoms with Crippen molar-refractivity contribution < 1.29 is 4.74 Å². The van der Waals surface area contributed by atoms with Crippen molar-refractivity contribution in [3.8, 4) is 0 Å². The van der Waals surface area contributed by atoms with Gasteiger partial charge in [-0.25, -0.2) is 9.97 Å². The molecule has 2 aromatic rings. The topological polar surface area (TPSA) is 52.8 Å². The van der Waals surface area contributed by atoms with Crippen LogP contribution in [-0.4, -0.2) is 26.1 Å². The Morgan fingerprint density at radius 1 is 1.44 bits per heavy atom. The van der Waals surface area contributed by atoms with Crippen LogP contribution in [-0.2, 0) is 4.74 Å². The van der Waals surface area contributed by atoms with Gasteiger partial charge in [-0.05, 0) is 25.4 Å². The minimum absolute atomic E-state index is 0.1000. The fourth-order valence-corrected chi connectivity index (χ4v) is 1.87. The van der Waals surface area contributed by atoms with E-state index in [0.29, 0.717) is 17.8 Å². The number of ether oxygens (including phenoxy) is 1. The van der Waals surface area contributed by atoms with Crippen LogP contribution in [0.1, 0.15) is 20.1 Å². The maximum Gasteiger partial charge on any atom is 0.225 e. The van der Waals surface area contributed by atoms with E-state index in [4.69, 9.17) is 27.9 Å². The molecule has 0 N–H and O–H groups in total. The molecule has 0 saturated heterocycles. The van der Waals surface area contributed by atoms with Crippen LogP contribution in [0.4, 0.5) is 0 Å². The van der Waals surface area contributed by atoms with Crippen LogP contribution in [0.5, 0.6) is 0 Å². The number of nitrogens with zero attached hydrogens (tertiary/aromatic N) is 4. The van der Waals surface area contributed by atoms with E-state index in [1.165, 1.54) is 0 Å². The van der Waals surface area contributed by atoms with Gasteiger partial charge in [-0.2, -0.15) is 4.98 Å². The smallest absolute Gasteiger partial charge is 0.225 e. The summed E-state index contributed by atoms with van der Waals surface area (Å²) in [7, 11) is 0. The molecule has 2 heterocycles. The third-order valence-corrected chi connectivity index (χ3v) is 2.58. The number of rotatable bonds is 3. The van der Waals surface area contributed by atoms with Gasteiger partial charge in [0, 0.05) is 6.61 Å². The third-order valence-electron chi connectivity index (χ3n) is 2.15. The van der Waals surface area contributed by atoms with Crippen LogP contribution in [0.2, 0.25) is 10.4 Å². The molecule has 0 fully saturated rings. The average molecular weight is 261 g/mol. The minimum atomic E-state index is -0.169. The second-order valence-corrected chi connectivity index (χ2v) is 3.86. The quantitative estimate of drug-likeness (QED) is 0.629. The van der Waals surface area contributed by atoms with Crippen LogP contribution >= 0.6 is 23.2 Å². The molecule has 5 nitrogen and oxygen atoms in total. The van der Waals surface area contributed by atoms with Gasteiger partial charge < -0.3 is 4.74 Å². The molecule has 86 valence electrons. The van der Waals surface area contributed by atoms with E-state index in [2.05, 4.69) is 15.0 Å². The normalized spacial score (nSPS) is 13.2. The fourth-order valence-electron chi connectivity index (χ4n) is 1.44. The molecule has 16 heavy (non-hydrogen) atoms. The Morgan fingerprint density at radius 3 is 2.88 bits per heavy atom. The standard InChI is InChI=1S/C9H10Cl2N4O/c1-3-16-5(2)15-4-12-6-7(10)13-9(11)14-8(6)15/h4-5H,3H2,1-2H3/t5-/m0/s1. The first-order valence-electron chi connectivity index (χ1n) is 4.80. The number of hydrogen-bond donors (Lipinski definition) is 0. The maximum absolute atomic E-state index is 5.91. The Balaban J connectivity index is 2.55. The summed E-state index contributed by atoms with van der Waals surface area (Å²) in [5.74, 6) is 0. The zero-order valence-electron chi connectivity index (χ0n) is 8.81. The van der Waals surface area contributed by atoms with Crippen molar-refractivity contribution in [3.05, 3.63) is 16.8 Å². The third kappa shape index (κ3) is 1.98. The molecule has 0 amide bonds. The monoisotopic (exact) mass is 260 g/mol. The van der Waals surface area contributed by atoms with Crippen molar-refractivity contribution in [3.63, 3.8) is 0 Å². The Hall–Kier alpha value is -0.910. The summed E-state index contributed by atoms with van der Waals surface area (Å²) in [6, 6.07) is 0. The van der Waals surface area contributed by atoms with Gasteiger partial charge in [0.2, 0.25) is 5.28 Å². The van der Waals surface area contributed by atoms with E-state index in [1.807, 2.05) is 13.8 Å². The lowest BCUT2D eigenvalue weighted by molar-refractivity contribution is 0.0272. The van der Waals surface area contributed by atoms with E-state index in [1.54, 1.807) is 10.9 Å². The predicted molar refractivity (Wildman–Crippen MR) is 61.7 cm³/mol. The lowest BCUT2D eigenvalue weighted by Crippen LogP contribution is -2.08. The van der Waals surface area contributed by atoms with Crippen LogP contribution < -0.4 is 0 Å². The van der Waals surface area contributed by atoms with Crippen LogP contribution in [0.3, 0.4) is 0 Å². The molecule has 0 saturated carbocycles. The highest BCUT2D eigenvalue weighted by Crippen LogP contribution is 2.23. The zero-order valence-corrected chi connectivity index (χ0v) is 10.3. The highest BCUT2D eigenvalue weighted by atomic mass is 35.5. The molecule has 0 aliphatic rings. The van der Waals surface area contributed by atoms with Gasteiger partial charge in [-0.15, -0.1) is 0 Å². The van der Waals surface area contributed by atoms with Gasteiger partial charge in [0.25, 0.3) is 0 Å². The molecule has 1 atom stereocenters. The van der Waals surface area contributed by atoms with Crippen molar-refractivity contribution in [1.82, 2.24) is 19.5 Å². The molecule has 7 heteroatoms. The molecule has 0 bridgehead atoms. The van der Waals surface area contributed by atoms with Gasteiger partial charge in [0.1, 0.15) is 11.7 Å². The first kappa shape index (κ1) is 11.6. The second-order valence-electron chi connectivity index (χ2n) is 3.16. The molecule has 0 aliphatic heterocycles. The molecule has 0 unspecified atom stereocenters. The van der Waals surface area contributed by atoms with Gasteiger partial charge in [0.15, 0.2) is 10.8 Å². The Morgan fingerprint density at radius 2 is 2.19 bits per heavy atom. The lowest BCUT2D eigenvalue weighted by Gasteiger charge is -2.13. The summed E-state index contributed by atoms with van der Waals surface area (Å²) >= 11 is 11.7. The fraction of sp³-hybridized carbons (Fsp3) is 0.444. The number of aromatic nitrogens is 4. The first-order chi connectivity index (χ1) is 7.63. The molecule has 0 aliphatic carbocycles. The summed E-state index contributed by atoms with van der Waals surface area (Å²) in [5.41, 5.74) is 1.10. The van der Waals surface area contributed by atoms with E-state index in [-0.39, 0.29) is 16.7 Å². The molecule has 0 spiro atoms. The van der Waals surface area contributed by atoms with E-state index >= 15 is 0 Å². The molecular weight excluding hydrogens is 251 g/mol. The van der Waals surface area contributed by atoms with Gasteiger partial charge in [0.05, 0.1) is 6.33 Å².